The molecule has 14 heteroatoms. The summed E-state index contributed by atoms with van der Waals surface area (Å²) in [7, 11) is 0. The first kappa shape index (κ1) is 69.3. The number of amides is 1. The third-order valence-electron chi connectivity index (χ3n) is 15.1. The van der Waals surface area contributed by atoms with Gasteiger partial charge in [-0.2, -0.15) is 0 Å². The van der Waals surface area contributed by atoms with Crippen molar-refractivity contribution in [3.8, 4) is 0 Å². The van der Waals surface area contributed by atoms with E-state index in [-0.39, 0.29) is 18.9 Å². The molecule has 0 bridgehead atoms. The summed E-state index contributed by atoms with van der Waals surface area (Å²) in [5.41, 5.74) is 0. The van der Waals surface area contributed by atoms with E-state index in [2.05, 4.69) is 43.5 Å². The van der Waals surface area contributed by atoms with Crippen LogP contribution < -0.4 is 5.32 Å². The maximum Gasteiger partial charge on any atom is 0.220 e. The molecule has 75 heavy (non-hydrogen) atoms. The predicted octanol–water partition coefficient (Wildman–Crippen LogP) is 10.6. The lowest BCUT2D eigenvalue weighted by atomic mass is 9.97. The Bertz CT molecular complexity index is 1400. The maximum absolute atomic E-state index is 13.1. The van der Waals surface area contributed by atoms with E-state index in [4.69, 9.17) is 18.9 Å². The number of hydrogen-bond acceptors (Lipinski definition) is 13. The second-order valence-corrected chi connectivity index (χ2v) is 21.8. The fourth-order valence-corrected chi connectivity index (χ4v) is 10.1. The number of unbranched alkanes of at least 4 members (excludes halogenated alkanes) is 32. The second-order valence-electron chi connectivity index (χ2n) is 21.8. The number of allylic oxidation sites excluding steroid dienone is 5. The average molecular weight is 1070 g/mol. The number of ether oxygens (including phenoxy) is 4. The van der Waals surface area contributed by atoms with Gasteiger partial charge in [0.25, 0.3) is 0 Å². The van der Waals surface area contributed by atoms with Gasteiger partial charge in [0.1, 0.15) is 48.8 Å². The second kappa shape index (κ2) is 47.1. The summed E-state index contributed by atoms with van der Waals surface area (Å²) in [4.78, 5) is 13.1. The van der Waals surface area contributed by atoms with E-state index >= 15 is 0 Å². The minimum atomic E-state index is -1.79. The first-order valence-electron chi connectivity index (χ1n) is 30.7. The van der Waals surface area contributed by atoms with E-state index < -0.39 is 86.8 Å². The van der Waals surface area contributed by atoms with E-state index in [1.807, 2.05) is 6.08 Å². The molecule has 0 aromatic carbocycles. The Morgan fingerprint density at radius 3 is 1.31 bits per heavy atom. The van der Waals surface area contributed by atoms with Crippen LogP contribution in [0.25, 0.3) is 0 Å². The zero-order valence-electron chi connectivity index (χ0n) is 47.3. The van der Waals surface area contributed by atoms with Gasteiger partial charge in [-0.3, -0.25) is 4.79 Å². The highest BCUT2D eigenvalue weighted by atomic mass is 16.7. The maximum atomic E-state index is 13.1. The lowest BCUT2D eigenvalue weighted by Gasteiger charge is -2.46. The Labute approximate surface area is 455 Å². The van der Waals surface area contributed by atoms with Crippen molar-refractivity contribution in [3.63, 3.8) is 0 Å². The number of aliphatic hydroxyl groups excluding tert-OH is 8. The lowest BCUT2D eigenvalue weighted by molar-refractivity contribution is -0.359. The lowest BCUT2D eigenvalue weighted by Crippen LogP contribution is -2.65. The van der Waals surface area contributed by atoms with E-state index in [1.165, 1.54) is 173 Å². The molecule has 0 spiro atoms. The van der Waals surface area contributed by atoms with Crippen molar-refractivity contribution in [3.05, 3.63) is 36.5 Å². The van der Waals surface area contributed by atoms with Gasteiger partial charge in [-0.05, 0) is 44.9 Å². The van der Waals surface area contributed by atoms with Gasteiger partial charge in [0.05, 0.1) is 32.0 Å². The Balaban J connectivity index is 1.64. The summed E-state index contributed by atoms with van der Waals surface area (Å²) in [6.45, 7) is 2.74. The third kappa shape index (κ3) is 32.8. The highest BCUT2D eigenvalue weighted by molar-refractivity contribution is 5.76. The number of rotatable bonds is 49. The minimum absolute atomic E-state index is 0.258. The molecule has 0 saturated carbocycles. The zero-order valence-corrected chi connectivity index (χ0v) is 47.3. The molecular formula is C61H113NO13. The summed E-state index contributed by atoms with van der Waals surface area (Å²) in [5.74, 6) is -0.258. The van der Waals surface area contributed by atoms with Crippen LogP contribution in [0.1, 0.15) is 251 Å². The molecule has 14 nitrogen and oxygen atoms in total. The first-order valence-corrected chi connectivity index (χ1v) is 30.7. The van der Waals surface area contributed by atoms with E-state index in [0.717, 1.165) is 44.9 Å². The fourth-order valence-electron chi connectivity index (χ4n) is 10.1. The van der Waals surface area contributed by atoms with Crippen molar-refractivity contribution in [1.29, 1.82) is 0 Å². The third-order valence-corrected chi connectivity index (χ3v) is 15.1. The van der Waals surface area contributed by atoms with Crippen LogP contribution in [0.5, 0.6) is 0 Å². The monoisotopic (exact) mass is 1070 g/mol. The van der Waals surface area contributed by atoms with Crippen molar-refractivity contribution in [2.75, 3.05) is 19.8 Å². The van der Waals surface area contributed by atoms with Crippen LogP contribution in [0.15, 0.2) is 36.5 Å². The number of aliphatic hydroxyl groups is 8. The molecule has 12 atom stereocenters. The van der Waals surface area contributed by atoms with Crippen LogP contribution in [0.2, 0.25) is 0 Å². The van der Waals surface area contributed by atoms with Crippen LogP contribution in [0, 0.1) is 0 Å². The van der Waals surface area contributed by atoms with Gasteiger partial charge in [0.15, 0.2) is 12.6 Å². The molecule has 0 radical (unpaired) electrons. The quantitative estimate of drug-likeness (QED) is 0.0204. The Morgan fingerprint density at radius 2 is 0.853 bits per heavy atom. The smallest absolute Gasteiger partial charge is 0.220 e. The van der Waals surface area contributed by atoms with Gasteiger partial charge < -0.3 is 65.1 Å². The summed E-state index contributed by atoms with van der Waals surface area (Å²) >= 11 is 0. The van der Waals surface area contributed by atoms with Crippen molar-refractivity contribution in [2.24, 2.45) is 0 Å². The molecule has 0 aromatic heterocycles. The van der Waals surface area contributed by atoms with Gasteiger partial charge in [0.2, 0.25) is 5.91 Å². The highest BCUT2D eigenvalue weighted by Crippen LogP contribution is 2.30. The topological polar surface area (TPSA) is 228 Å². The molecule has 440 valence electrons. The highest BCUT2D eigenvalue weighted by Gasteiger charge is 2.51. The molecule has 1 amide bonds. The van der Waals surface area contributed by atoms with Gasteiger partial charge in [-0.1, -0.05) is 237 Å². The van der Waals surface area contributed by atoms with Crippen LogP contribution in [0.4, 0.5) is 0 Å². The van der Waals surface area contributed by atoms with Crippen LogP contribution in [-0.2, 0) is 23.7 Å². The van der Waals surface area contributed by atoms with E-state index in [1.54, 1.807) is 6.08 Å². The number of nitrogens with one attached hydrogen (secondary N) is 1. The molecule has 2 aliphatic heterocycles. The molecule has 9 N–H and O–H groups in total. The Morgan fingerprint density at radius 1 is 0.467 bits per heavy atom. The summed E-state index contributed by atoms with van der Waals surface area (Å²) in [5, 5.41) is 86.7. The molecule has 2 rings (SSSR count). The average Bonchev–Trinajstić information content (AvgIpc) is 3.41. The predicted molar refractivity (Wildman–Crippen MR) is 300 cm³/mol. The van der Waals surface area contributed by atoms with Crippen LogP contribution >= 0.6 is 0 Å². The van der Waals surface area contributed by atoms with Crippen molar-refractivity contribution in [2.45, 2.75) is 325 Å². The molecule has 0 aromatic rings. The van der Waals surface area contributed by atoms with E-state index in [9.17, 15) is 45.6 Å². The molecule has 0 aliphatic carbocycles. The molecule has 12 unspecified atom stereocenters. The molecule has 2 fully saturated rings. The molecule has 2 aliphatic rings. The molecule has 2 saturated heterocycles. The van der Waals surface area contributed by atoms with Crippen molar-refractivity contribution in [1.82, 2.24) is 5.32 Å². The fraction of sp³-hybridized carbons (Fsp3) is 0.885. The normalized spacial score (nSPS) is 25.3. The number of carbonyl (C=O) groups is 1. The Hall–Kier alpha value is -1.79. The summed E-state index contributed by atoms with van der Waals surface area (Å²) in [6.07, 6.45) is 41.1. The van der Waals surface area contributed by atoms with Crippen LogP contribution in [-0.4, -0.2) is 140 Å². The SMILES string of the molecule is CCCCCCCCCCCCCCCCCCCCCCCCC/C=C/CC/C=C/CC/C=C/C(O)C(COC1OC(CO)C(OC2OC(CO)C(O)C(O)C2O)C(O)C1O)NC(=O)CCCCCCCCCC. The summed E-state index contributed by atoms with van der Waals surface area (Å²) < 4.78 is 22.7. The molecule has 2 heterocycles. The van der Waals surface area contributed by atoms with Gasteiger partial charge in [-0.25, -0.2) is 0 Å². The van der Waals surface area contributed by atoms with Crippen molar-refractivity contribution >= 4 is 5.91 Å². The Kier molecular flexibility index (Phi) is 43.5. The standard InChI is InChI=1S/C61H113NO13/c1-3-5-7-9-11-13-14-15-16-17-18-19-20-21-22-23-24-25-26-27-28-29-30-31-32-33-34-35-36-37-38-40-42-44-50(65)49(62-53(66)45-43-41-39-12-10-8-6-4-2)48-72-60-58(71)56(69)59(52(47-64)74-60)75-61-57(70)55(68)54(67)51(46-63)73-61/h32-33,36-37,42,44,49-52,54-61,63-65,67-71H,3-31,34-35,38-41,43,45-48H2,1-2H3,(H,62,66)/b33-32+,37-36+,44-42+. The largest absolute Gasteiger partial charge is 0.394 e. The number of hydrogen-bond donors (Lipinski definition) is 9. The van der Waals surface area contributed by atoms with Gasteiger partial charge in [-0.15, -0.1) is 0 Å². The first-order chi connectivity index (χ1) is 36.6. The van der Waals surface area contributed by atoms with Gasteiger partial charge in [0, 0.05) is 6.42 Å². The van der Waals surface area contributed by atoms with E-state index in [0.29, 0.717) is 12.8 Å². The number of carbonyl (C=O) groups excluding carboxylic acids is 1. The minimum Gasteiger partial charge on any atom is -0.394 e. The molecular weight excluding hydrogens is 955 g/mol. The summed E-state index contributed by atoms with van der Waals surface area (Å²) in [6, 6.07) is -0.933. The van der Waals surface area contributed by atoms with Gasteiger partial charge >= 0.3 is 0 Å². The van der Waals surface area contributed by atoms with Crippen LogP contribution in [0.3, 0.4) is 0 Å². The van der Waals surface area contributed by atoms with Crippen molar-refractivity contribution < 1.29 is 64.6 Å². The zero-order chi connectivity index (χ0) is 54.6.